The van der Waals surface area contributed by atoms with Crippen LogP contribution < -0.4 is 4.74 Å². The molecule has 0 saturated heterocycles. The van der Waals surface area contributed by atoms with Gasteiger partial charge in [-0.2, -0.15) is 0 Å². The fourth-order valence-electron chi connectivity index (χ4n) is 5.00. The maximum absolute atomic E-state index is 12.9. The van der Waals surface area contributed by atoms with Crippen LogP contribution in [0.3, 0.4) is 0 Å². The Kier molecular flexibility index (Phi) is 7.85. The van der Waals surface area contributed by atoms with Gasteiger partial charge in [0.05, 0.1) is 29.3 Å². The molecule has 0 N–H and O–H groups in total. The highest BCUT2D eigenvalue weighted by Crippen LogP contribution is 2.42. The SMILES string of the molecule is COC(=O)c1ccc([C@@H]2C[C@@H](OC)CC[C@H]2Oc2c(Cl)cc(C)c3c2ccn3C(=O)OC(C)(C)C)cc1. The Morgan fingerprint density at radius 3 is 2.38 bits per heavy atom. The second-order valence-electron chi connectivity index (χ2n) is 10.5. The van der Waals surface area contributed by atoms with Gasteiger partial charge in [0.1, 0.15) is 17.5 Å². The second-order valence-corrected chi connectivity index (χ2v) is 10.9. The molecule has 1 saturated carbocycles. The molecule has 37 heavy (non-hydrogen) atoms. The first-order chi connectivity index (χ1) is 17.5. The predicted octanol–water partition coefficient (Wildman–Crippen LogP) is 6.90. The van der Waals surface area contributed by atoms with E-state index in [1.807, 2.05) is 52.0 Å². The molecule has 0 spiro atoms. The minimum Gasteiger partial charge on any atom is -0.488 e. The molecular formula is C29H34ClNO6. The molecule has 0 aliphatic heterocycles. The van der Waals surface area contributed by atoms with Gasteiger partial charge in [-0.3, -0.25) is 4.57 Å². The Morgan fingerprint density at radius 1 is 1.05 bits per heavy atom. The van der Waals surface area contributed by atoms with Crippen molar-refractivity contribution in [2.75, 3.05) is 14.2 Å². The van der Waals surface area contributed by atoms with Crippen LogP contribution in [-0.2, 0) is 14.2 Å². The van der Waals surface area contributed by atoms with Crippen LogP contribution in [-0.4, -0.2) is 48.7 Å². The van der Waals surface area contributed by atoms with Crippen LogP contribution >= 0.6 is 11.6 Å². The lowest BCUT2D eigenvalue weighted by Gasteiger charge is -2.36. The van der Waals surface area contributed by atoms with Gasteiger partial charge in [-0.05, 0) is 82.3 Å². The molecule has 3 aromatic rings. The molecule has 0 bridgehead atoms. The van der Waals surface area contributed by atoms with Crippen LogP contribution in [0.1, 0.15) is 67.4 Å². The number of carbonyl (C=O) groups excluding carboxylic acids is 2. The summed E-state index contributed by atoms with van der Waals surface area (Å²) in [6.07, 6.45) is 3.55. The Bertz CT molecular complexity index is 1290. The van der Waals surface area contributed by atoms with Crippen molar-refractivity contribution in [3.05, 3.63) is 64.3 Å². The summed E-state index contributed by atoms with van der Waals surface area (Å²) in [4.78, 5) is 24.8. The average molecular weight is 528 g/mol. The van der Waals surface area contributed by atoms with Crippen molar-refractivity contribution in [2.45, 2.75) is 70.7 Å². The van der Waals surface area contributed by atoms with E-state index in [-0.39, 0.29) is 24.1 Å². The number of fused-ring (bicyclic) bond motifs is 1. The van der Waals surface area contributed by atoms with E-state index < -0.39 is 11.7 Å². The average Bonchev–Trinajstić information content (AvgIpc) is 3.31. The van der Waals surface area contributed by atoms with Gasteiger partial charge in [0, 0.05) is 24.6 Å². The Balaban J connectivity index is 1.69. The van der Waals surface area contributed by atoms with Gasteiger partial charge in [-0.25, -0.2) is 9.59 Å². The maximum atomic E-state index is 12.9. The van der Waals surface area contributed by atoms with Crippen molar-refractivity contribution in [2.24, 2.45) is 0 Å². The van der Waals surface area contributed by atoms with Crippen LogP contribution in [0.4, 0.5) is 4.79 Å². The van der Waals surface area contributed by atoms with Gasteiger partial charge < -0.3 is 18.9 Å². The zero-order valence-corrected chi connectivity index (χ0v) is 22.9. The third kappa shape index (κ3) is 5.78. The number of rotatable bonds is 5. The molecule has 4 rings (SSSR count). The summed E-state index contributed by atoms with van der Waals surface area (Å²) in [6, 6.07) is 11.1. The third-order valence-corrected chi connectivity index (χ3v) is 7.04. The molecule has 1 heterocycles. The fraction of sp³-hybridized carbons (Fsp3) is 0.448. The number of esters is 1. The highest BCUT2D eigenvalue weighted by molar-refractivity contribution is 6.33. The van der Waals surface area contributed by atoms with Gasteiger partial charge in [0.2, 0.25) is 0 Å². The van der Waals surface area contributed by atoms with Crippen LogP contribution in [0.2, 0.25) is 5.02 Å². The number of nitrogens with zero attached hydrogens (tertiary/aromatic N) is 1. The van der Waals surface area contributed by atoms with E-state index in [0.717, 1.165) is 35.8 Å². The normalized spacial score (nSPS) is 20.0. The van der Waals surface area contributed by atoms with E-state index in [4.69, 9.17) is 30.5 Å². The highest BCUT2D eigenvalue weighted by atomic mass is 35.5. The number of hydrogen-bond acceptors (Lipinski definition) is 6. The van der Waals surface area contributed by atoms with E-state index >= 15 is 0 Å². The summed E-state index contributed by atoms with van der Waals surface area (Å²) < 4.78 is 24.3. The minimum absolute atomic E-state index is 0.0192. The van der Waals surface area contributed by atoms with Crippen molar-refractivity contribution in [1.82, 2.24) is 4.57 Å². The van der Waals surface area contributed by atoms with Gasteiger partial charge >= 0.3 is 12.1 Å². The molecule has 1 aliphatic carbocycles. The zero-order valence-electron chi connectivity index (χ0n) is 22.2. The first kappa shape index (κ1) is 27.0. The number of benzene rings is 2. The molecule has 3 atom stereocenters. The first-order valence-corrected chi connectivity index (χ1v) is 12.8. The summed E-state index contributed by atoms with van der Waals surface area (Å²) in [5.41, 5.74) is 2.48. The lowest BCUT2D eigenvalue weighted by atomic mass is 9.80. The fourth-order valence-corrected chi connectivity index (χ4v) is 5.31. The van der Waals surface area contributed by atoms with Crippen molar-refractivity contribution in [3.8, 4) is 5.75 Å². The molecule has 0 radical (unpaired) electrons. The molecule has 0 amide bonds. The molecule has 1 aromatic heterocycles. The molecular weight excluding hydrogens is 494 g/mol. The molecule has 0 unspecified atom stereocenters. The summed E-state index contributed by atoms with van der Waals surface area (Å²) in [6.45, 7) is 7.42. The minimum atomic E-state index is -0.621. The summed E-state index contributed by atoms with van der Waals surface area (Å²) in [7, 11) is 3.09. The van der Waals surface area contributed by atoms with Crippen LogP contribution in [0.5, 0.6) is 5.75 Å². The molecule has 1 aliphatic rings. The molecule has 2 aromatic carbocycles. The van der Waals surface area contributed by atoms with Crippen molar-refractivity contribution in [3.63, 3.8) is 0 Å². The molecule has 1 fully saturated rings. The summed E-state index contributed by atoms with van der Waals surface area (Å²) in [5, 5.41) is 1.24. The predicted molar refractivity (Wildman–Crippen MR) is 143 cm³/mol. The first-order valence-electron chi connectivity index (χ1n) is 12.4. The molecule has 8 heteroatoms. The number of hydrogen-bond donors (Lipinski definition) is 0. The zero-order chi connectivity index (χ0) is 26.9. The van der Waals surface area contributed by atoms with Crippen LogP contribution in [0.15, 0.2) is 42.6 Å². The van der Waals surface area contributed by atoms with Gasteiger partial charge in [-0.1, -0.05) is 23.7 Å². The van der Waals surface area contributed by atoms with Gasteiger partial charge in [0.25, 0.3) is 0 Å². The maximum Gasteiger partial charge on any atom is 0.419 e. The van der Waals surface area contributed by atoms with Crippen molar-refractivity contribution >= 4 is 34.6 Å². The van der Waals surface area contributed by atoms with Crippen molar-refractivity contribution in [1.29, 1.82) is 0 Å². The van der Waals surface area contributed by atoms with E-state index in [0.29, 0.717) is 21.9 Å². The second kappa shape index (κ2) is 10.8. The number of ether oxygens (including phenoxy) is 4. The number of aromatic nitrogens is 1. The number of halogens is 1. The Morgan fingerprint density at radius 2 is 1.76 bits per heavy atom. The van der Waals surface area contributed by atoms with E-state index in [1.54, 1.807) is 25.4 Å². The van der Waals surface area contributed by atoms with Gasteiger partial charge in [-0.15, -0.1) is 0 Å². The standard InChI is InChI=1S/C29H34ClNO6/c1-17-15-23(30)26(21-13-14-31(25(17)21)28(33)37-29(2,3)4)36-24-12-11-20(34-5)16-22(24)18-7-9-19(10-8-18)27(32)35-6/h7-10,13-15,20,22,24H,11-12,16H2,1-6H3/t20-,22-,24+/m0/s1. The van der Waals surface area contributed by atoms with Gasteiger partial charge in [0.15, 0.2) is 0 Å². The number of carbonyl (C=O) groups is 2. The smallest absolute Gasteiger partial charge is 0.419 e. The van der Waals surface area contributed by atoms with Crippen LogP contribution in [0.25, 0.3) is 10.9 Å². The lowest BCUT2D eigenvalue weighted by Crippen LogP contribution is -2.35. The van der Waals surface area contributed by atoms with Crippen molar-refractivity contribution < 1.29 is 28.5 Å². The number of methoxy groups -OCH3 is 2. The summed E-state index contributed by atoms with van der Waals surface area (Å²) >= 11 is 6.72. The lowest BCUT2D eigenvalue weighted by molar-refractivity contribution is 0.0195. The van der Waals surface area contributed by atoms with Crippen LogP contribution in [0, 0.1) is 6.92 Å². The Hall–Kier alpha value is -3.03. The molecule has 7 nitrogen and oxygen atoms in total. The van der Waals surface area contributed by atoms with E-state index in [9.17, 15) is 9.59 Å². The van der Waals surface area contributed by atoms with E-state index in [2.05, 4.69) is 0 Å². The highest BCUT2D eigenvalue weighted by Gasteiger charge is 2.34. The number of aryl methyl sites for hydroxylation is 1. The van der Waals surface area contributed by atoms with E-state index in [1.165, 1.54) is 11.7 Å². The quantitative estimate of drug-likeness (QED) is 0.336. The molecule has 198 valence electrons. The monoisotopic (exact) mass is 527 g/mol. The summed E-state index contributed by atoms with van der Waals surface area (Å²) in [5.74, 6) is 0.188. The largest absolute Gasteiger partial charge is 0.488 e. The topological polar surface area (TPSA) is 76.0 Å². The Labute approximate surface area is 222 Å². The third-order valence-electron chi connectivity index (χ3n) is 6.76.